The molecule has 0 saturated carbocycles. The number of amides is 1. The highest BCUT2D eigenvalue weighted by Gasteiger charge is 2.46. The van der Waals surface area contributed by atoms with E-state index in [4.69, 9.17) is 4.74 Å². The van der Waals surface area contributed by atoms with Gasteiger partial charge in [-0.15, -0.1) is 0 Å². The Balaban J connectivity index is 1.50. The summed E-state index contributed by atoms with van der Waals surface area (Å²) < 4.78 is 6.06. The Morgan fingerprint density at radius 1 is 1.26 bits per heavy atom. The molecule has 1 atom stereocenters. The molecule has 2 aliphatic rings. The molecule has 0 N–H and O–H groups in total. The van der Waals surface area contributed by atoms with Crippen molar-refractivity contribution in [1.82, 2.24) is 14.9 Å². The van der Waals surface area contributed by atoms with Crippen LogP contribution in [0.1, 0.15) is 36.5 Å². The Kier molecular flexibility index (Phi) is 4.83. The molecule has 6 nitrogen and oxygen atoms in total. The van der Waals surface area contributed by atoms with Crippen molar-refractivity contribution in [1.29, 1.82) is 0 Å². The van der Waals surface area contributed by atoms with Crippen molar-refractivity contribution in [2.75, 3.05) is 38.7 Å². The maximum atomic E-state index is 12.0. The first-order chi connectivity index (χ1) is 13.1. The lowest BCUT2D eigenvalue weighted by molar-refractivity contribution is -0.136. The number of anilines is 1. The first-order valence-corrected chi connectivity index (χ1v) is 9.51. The second-order valence-electron chi connectivity index (χ2n) is 7.71. The second-order valence-corrected chi connectivity index (χ2v) is 7.71. The van der Waals surface area contributed by atoms with Gasteiger partial charge >= 0.3 is 0 Å². The lowest BCUT2D eigenvalue weighted by Crippen LogP contribution is -2.42. The summed E-state index contributed by atoms with van der Waals surface area (Å²) in [6.45, 7) is 2.04. The molecule has 1 unspecified atom stereocenters. The van der Waals surface area contributed by atoms with E-state index in [0.717, 1.165) is 38.2 Å². The summed E-state index contributed by atoms with van der Waals surface area (Å²) >= 11 is 0. The number of rotatable bonds is 4. The first kappa shape index (κ1) is 17.9. The summed E-state index contributed by atoms with van der Waals surface area (Å²) in [5.74, 6) is 0.953. The number of benzene rings is 1. The van der Waals surface area contributed by atoms with Crippen molar-refractivity contribution in [3.8, 4) is 0 Å². The van der Waals surface area contributed by atoms with Crippen molar-refractivity contribution in [2.45, 2.75) is 30.8 Å². The monoisotopic (exact) mass is 366 g/mol. The molecule has 4 rings (SSSR count). The Bertz CT molecular complexity index is 801. The van der Waals surface area contributed by atoms with E-state index in [2.05, 4.69) is 39.1 Å². The third-order valence-electron chi connectivity index (χ3n) is 5.96. The molecule has 1 saturated heterocycles. The van der Waals surface area contributed by atoms with Gasteiger partial charge in [-0.2, -0.15) is 0 Å². The topological polar surface area (TPSA) is 58.6 Å². The van der Waals surface area contributed by atoms with Crippen LogP contribution in [-0.2, 0) is 14.9 Å². The Hall–Kier alpha value is -2.47. The van der Waals surface area contributed by atoms with Crippen LogP contribution >= 0.6 is 0 Å². The summed E-state index contributed by atoms with van der Waals surface area (Å²) in [7, 11) is 3.52. The zero-order valence-electron chi connectivity index (χ0n) is 16.0. The number of aromatic nitrogens is 2. The molecule has 1 aliphatic heterocycles. The van der Waals surface area contributed by atoms with Gasteiger partial charge in [0.2, 0.25) is 5.91 Å². The average Bonchev–Trinajstić information content (AvgIpc) is 3.01. The molecule has 1 aromatic carbocycles. The number of ether oxygens (including phenoxy) is 1. The summed E-state index contributed by atoms with van der Waals surface area (Å²) in [6.07, 6.45) is 8.34. The van der Waals surface area contributed by atoms with Crippen LogP contribution in [-0.4, -0.2) is 54.6 Å². The average molecular weight is 366 g/mol. The van der Waals surface area contributed by atoms with Gasteiger partial charge in [0, 0.05) is 45.0 Å². The van der Waals surface area contributed by atoms with Crippen LogP contribution in [0.25, 0.3) is 0 Å². The maximum absolute atomic E-state index is 12.0. The van der Waals surface area contributed by atoms with Crippen molar-refractivity contribution in [3.63, 3.8) is 0 Å². The minimum Gasteiger partial charge on any atom is -0.364 e. The zero-order valence-corrected chi connectivity index (χ0v) is 16.0. The van der Waals surface area contributed by atoms with Gasteiger partial charge in [-0.1, -0.05) is 24.3 Å². The Morgan fingerprint density at radius 2 is 2.04 bits per heavy atom. The number of fused-ring (bicyclic) bond motifs is 2. The fourth-order valence-electron chi connectivity index (χ4n) is 4.38. The molecular weight excluding hydrogens is 340 g/mol. The van der Waals surface area contributed by atoms with Crippen LogP contribution in [0.5, 0.6) is 0 Å². The van der Waals surface area contributed by atoms with Gasteiger partial charge in [-0.25, -0.2) is 4.98 Å². The first-order valence-electron chi connectivity index (χ1n) is 9.51. The van der Waals surface area contributed by atoms with Gasteiger partial charge in [0.25, 0.3) is 0 Å². The van der Waals surface area contributed by atoms with Crippen LogP contribution in [0, 0.1) is 0 Å². The van der Waals surface area contributed by atoms with Crippen molar-refractivity contribution in [2.24, 2.45) is 0 Å². The highest BCUT2D eigenvalue weighted by Crippen LogP contribution is 2.52. The number of piperidine rings is 1. The number of carbonyl (C=O) groups excluding carboxylic acids is 1. The van der Waals surface area contributed by atoms with E-state index < -0.39 is 0 Å². The minimum atomic E-state index is -0.00633. The molecule has 0 bridgehead atoms. The summed E-state index contributed by atoms with van der Waals surface area (Å²) in [6, 6.07) is 8.58. The second kappa shape index (κ2) is 7.27. The van der Waals surface area contributed by atoms with Gasteiger partial charge in [-0.05, 0) is 30.4 Å². The van der Waals surface area contributed by atoms with E-state index >= 15 is 0 Å². The molecule has 2 aromatic rings. The van der Waals surface area contributed by atoms with E-state index in [9.17, 15) is 4.79 Å². The fraction of sp³-hybridized carbons (Fsp3) is 0.476. The van der Waals surface area contributed by atoms with Gasteiger partial charge in [-0.3, -0.25) is 9.78 Å². The van der Waals surface area contributed by atoms with E-state index in [0.29, 0.717) is 0 Å². The maximum Gasteiger partial charge on any atom is 0.248 e. The zero-order chi connectivity index (χ0) is 18.9. The Morgan fingerprint density at radius 3 is 2.74 bits per heavy atom. The molecule has 2 heterocycles. The quantitative estimate of drug-likeness (QED) is 0.832. The predicted molar refractivity (Wildman–Crippen MR) is 104 cm³/mol. The summed E-state index contributed by atoms with van der Waals surface area (Å²) in [4.78, 5) is 24.5. The summed E-state index contributed by atoms with van der Waals surface area (Å²) in [5, 5.41) is 0. The smallest absolute Gasteiger partial charge is 0.248 e. The van der Waals surface area contributed by atoms with Crippen LogP contribution in [0.15, 0.2) is 42.9 Å². The third-order valence-corrected chi connectivity index (χ3v) is 5.96. The molecule has 27 heavy (non-hydrogen) atoms. The fourth-order valence-corrected chi connectivity index (χ4v) is 4.38. The lowest BCUT2D eigenvalue weighted by atomic mass is 9.74. The van der Waals surface area contributed by atoms with E-state index in [1.54, 1.807) is 31.4 Å². The van der Waals surface area contributed by atoms with E-state index in [-0.39, 0.29) is 24.0 Å². The molecule has 1 amide bonds. The SMILES string of the molecule is CN(C)C(=O)COC1CC2(CCN(c3cnccn3)CC2)c2ccccc21. The van der Waals surface area contributed by atoms with Crippen LogP contribution in [0.3, 0.4) is 0 Å². The van der Waals surface area contributed by atoms with Gasteiger partial charge in [0.05, 0.1) is 12.3 Å². The summed E-state index contributed by atoms with van der Waals surface area (Å²) in [5.41, 5.74) is 2.77. The number of nitrogens with zero attached hydrogens (tertiary/aromatic N) is 4. The largest absolute Gasteiger partial charge is 0.364 e. The predicted octanol–water partition coefficient (Wildman–Crippen LogP) is 2.56. The molecule has 1 fully saturated rings. The number of hydrogen-bond acceptors (Lipinski definition) is 5. The molecule has 1 aromatic heterocycles. The molecule has 0 radical (unpaired) electrons. The third kappa shape index (κ3) is 3.41. The van der Waals surface area contributed by atoms with Gasteiger partial charge in [0.15, 0.2) is 0 Å². The molecule has 6 heteroatoms. The normalized spacial score (nSPS) is 20.5. The highest BCUT2D eigenvalue weighted by atomic mass is 16.5. The molecular formula is C21H26N4O2. The lowest BCUT2D eigenvalue weighted by Gasteiger charge is -2.40. The van der Waals surface area contributed by atoms with Gasteiger partial charge < -0.3 is 14.5 Å². The number of carbonyl (C=O) groups is 1. The van der Waals surface area contributed by atoms with Crippen LogP contribution in [0.2, 0.25) is 0 Å². The molecule has 142 valence electrons. The molecule has 1 aliphatic carbocycles. The van der Waals surface area contributed by atoms with Crippen LogP contribution < -0.4 is 4.90 Å². The van der Waals surface area contributed by atoms with Crippen molar-refractivity contribution < 1.29 is 9.53 Å². The van der Waals surface area contributed by atoms with Gasteiger partial charge in [0.1, 0.15) is 12.4 Å². The van der Waals surface area contributed by atoms with E-state index in [1.165, 1.54) is 11.1 Å². The number of likely N-dealkylation sites (N-methyl/N-ethyl adjacent to an activating group) is 1. The standard InChI is InChI=1S/C21H26N4O2/c1-24(2)20(26)15-27-18-13-21(17-6-4-3-5-16(17)18)7-11-25(12-8-21)19-14-22-9-10-23-19/h3-6,9-10,14,18H,7-8,11-13,15H2,1-2H3. The van der Waals surface area contributed by atoms with Crippen LogP contribution in [0.4, 0.5) is 5.82 Å². The Labute approximate surface area is 160 Å². The molecule has 1 spiro atoms. The van der Waals surface area contributed by atoms with Crippen molar-refractivity contribution in [3.05, 3.63) is 54.0 Å². The minimum absolute atomic E-state index is 0.00547. The van der Waals surface area contributed by atoms with E-state index in [1.807, 2.05) is 6.20 Å². The highest BCUT2D eigenvalue weighted by molar-refractivity contribution is 5.76. The van der Waals surface area contributed by atoms with Crippen molar-refractivity contribution >= 4 is 11.7 Å². The number of hydrogen-bond donors (Lipinski definition) is 0.